The van der Waals surface area contributed by atoms with E-state index in [0.717, 1.165) is 30.8 Å². The van der Waals surface area contributed by atoms with Crippen molar-refractivity contribution in [2.45, 2.75) is 39.3 Å². The second-order valence-corrected chi connectivity index (χ2v) is 6.16. The zero-order valence-corrected chi connectivity index (χ0v) is 12.7. The van der Waals surface area contributed by atoms with Gasteiger partial charge in [0.25, 0.3) is 0 Å². The predicted molar refractivity (Wildman–Crippen MR) is 77.7 cm³/mol. The molecule has 1 unspecified atom stereocenters. The normalized spacial score (nSPS) is 19.9. The van der Waals surface area contributed by atoms with Crippen LogP contribution >= 0.6 is 15.9 Å². The summed E-state index contributed by atoms with van der Waals surface area (Å²) < 4.78 is 14.2. The van der Waals surface area contributed by atoms with Crippen LogP contribution in [0.5, 0.6) is 0 Å². The Morgan fingerprint density at radius 3 is 2.83 bits per heavy atom. The standard InChI is InChI=1S/C14H20BrFN2/c1-9(2)17-11-4-5-18(8-11)14-7-13(16)12(15)6-10(14)3/h6-7,9,11,17H,4-5,8H2,1-3H3. The molecule has 1 N–H and O–H groups in total. The van der Waals surface area contributed by atoms with E-state index in [1.807, 2.05) is 13.0 Å². The Morgan fingerprint density at radius 2 is 2.17 bits per heavy atom. The molecule has 0 aromatic heterocycles. The number of halogens is 2. The lowest BCUT2D eigenvalue weighted by Crippen LogP contribution is -2.37. The zero-order valence-electron chi connectivity index (χ0n) is 11.1. The summed E-state index contributed by atoms with van der Waals surface area (Å²) in [7, 11) is 0. The molecule has 1 aliphatic heterocycles. The van der Waals surface area contributed by atoms with Crippen molar-refractivity contribution in [2.24, 2.45) is 0 Å². The fraction of sp³-hybridized carbons (Fsp3) is 0.571. The lowest BCUT2D eigenvalue weighted by atomic mass is 10.2. The molecule has 1 heterocycles. The molecular formula is C14H20BrFN2. The fourth-order valence-electron chi connectivity index (χ4n) is 2.56. The van der Waals surface area contributed by atoms with Gasteiger partial charge in [0.05, 0.1) is 4.47 Å². The summed E-state index contributed by atoms with van der Waals surface area (Å²) in [6, 6.07) is 4.50. The Kier molecular flexibility index (Phi) is 4.28. The Morgan fingerprint density at radius 1 is 1.44 bits per heavy atom. The average Bonchev–Trinajstić information content (AvgIpc) is 2.70. The third-order valence-electron chi connectivity index (χ3n) is 3.34. The van der Waals surface area contributed by atoms with Crippen molar-refractivity contribution in [1.82, 2.24) is 5.32 Å². The van der Waals surface area contributed by atoms with E-state index in [-0.39, 0.29) is 5.82 Å². The van der Waals surface area contributed by atoms with Gasteiger partial charge < -0.3 is 10.2 Å². The van der Waals surface area contributed by atoms with E-state index in [2.05, 4.69) is 40.0 Å². The SMILES string of the molecule is Cc1cc(Br)c(F)cc1N1CCC(NC(C)C)C1. The summed E-state index contributed by atoms with van der Waals surface area (Å²) in [4.78, 5) is 2.27. The molecule has 1 fully saturated rings. The Bertz CT molecular complexity index is 434. The lowest BCUT2D eigenvalue weighted by Gasteiger charge is -2.22. The molecule has 0 spiro atoms. The molecule has 0 aliphatic carbocycles. The van der Waals surface area contributed by atoms with E-state index in [9.17, 15) is 4.39 Å². The number of aryl methyl sites for hydroxylation is 1. The first-order valence-corrected chi connectivity index (χ1v) is 7.23. The van der Waals surface area contributed by atoms with Gasteiger partial charge in [-0.3, -0.25) is 0 Å². The number of hydrogen-bond acceptors (Lipinski definition) is 2. The third-order valence-corrected chi connectivity index (χ3v) is 3.94. The van der Waals surface area contributed by atoms with Crippen molar-refractivity contribution in [1.29, 1.82) is 0 Å². The zero-order chi connectivity index (χ0) is 13.3. The van der Waals surface area contributed by atoms with Crippen molar-refractivity contribution in [3.8, 4) is 0 Å². The molecule has 1 saturated heterocycles. The number of hydrogen-bond donors (Lipinski definition) is 1. The van der Waals surface area contributed by atoms with Crippen molar-refractivity contribution < 1.29 is 4.39 Å². The Labute approximate surface area is 117 Å². The molecule has 1 aliphatic rings. The van der Waals surface area contributed by atoms with E-state index >= 15 is 0 Å². The molecule has 0 bridgehead atoms. The molecule has 1 aromatic carbocycles. The summed E-state index contributed by atoms with van der Waals surface area (Å²) in [5.41, 5.74) is 2.14. The molecule has 2 nitrogen and oxygen atoms in total. The van der Waals surface area contributed by atoms with Crippen LogP contribution in [0.25, 0.3) is 0 Å². The van der Waals surface area contributed by atoms with Crippen molar-refractivity contribution in [2.75, 3.05) is 18.0 Å². The van der Waals surface area contributed by atoms with Gasteiger partial charge in [-0.05, 0) is 47.0 Å². The first-order chi connectivity index (χ1) is 8.47. The minimum atomic E-state index is -0.184. The molecule has 0 amide bonds. The predicted octanol–water partition coefficient (Wildman–Crippen LogP) is 3.47. The molecule has 100 valence electrons. The van der Waals surface area contributed by atoms with Crippen LogP contribution in [-0.4, -0.2) is 25.2 Å². The maximum absolute atomic E-state index is 13.6. The summed E-state index contributed by atoms with van der Waals surface area (Å²) in [6.07, 6.45) is 1.12. The van der Waals surface area contributed by atoms with Gasteiger partial charge in [0.2, 0.25) is 0 Å². The van der Waals surface area contributed by atoms with E-state index < -0.39 is 0 Å². The summed E-state index contributed by atoms with van der Waals surface area (Å²) in [6.45, 7) is 8.30. The molecule has 1 aromatic rings. The van der Waals surface area contributed by atoms with Crippen LogP contribution in [0, 0.1) is 12.7 Å². The van der Waals surface area contributed by atoms with Gasteiger partial charge in [-0.15, -0.1) is 0 Å². The van der Waals surface area contributed by atoms with Crippen LogP contribution in [0.1, 0.15) is 25.8 Å². The van der Waals surface area contributed by atoms with E-state index in [1.54, 1.807) is 6.07 Å². The van der Waals surface area contributed by atoms with Crippen LogP contribution in [-0.2, 0) is 0 Å². The maximum Gasteiger partial charge on any atom is 0.139 e. The minimum absolute atomic E-state index is 0.184. The van der Waals surface area contributed by atoms with Gasteiger partial charge in [0.15, 0.2) is 0 Å². The highest BCUT2D eigenvalue weighted by molar-refractivity contribution is 9.10. The smallest absolute Gasteiger partial charge is 0.139 e. The molecule has 4 heteroatoms. The summed E-state index contributed by atoms with van der Waals surface area (Å²) in [5, 5.41) is 3.54. The topological polar surface area (TPSA) is 15.3 Å². The monoisotopic (exact) mass is 314 g/mol. The van der Waals surface area contributed by atoms with Gasteiger partial charge >= 0.3 is 0 Å². The summed E-state index contributed by atoms with van der Waals surface area (Å²) in [5.74, 6) is -0.184. The molecular weight excluding hydrogens is 295 g/mol. The highest BCUT2D eigenvalue weighted by Gasteiger charge is 2.24. The Balaban J connectivity index is 2.12. The van der Waals surface area contributed by atoms with Crippen molar-refractivity contribution in [3.63, 3.8) is 0 Å². The third kappa shape index (κ3) is 3.04. The Hall–Kier alpha value is -0.610. The molecule has 18 heavy (non-hydrogen) atoms. The van der Waals surface area contributed by atoms with Gasteiger partial charge in [0.1, 0.15) is 5.82 Å². The van der Waals surface area contributed by atoms with Crippen LogP contribution < -0.4 is 10.2 Å². The van der Waals surface area contributed by atoms with Gasteiger partial charge in [-0.2, -0.15) is 0 Å². The number of nitrogens with zero attached hydrogens (tertiary/aromatic N) is 1. The van der Waals surface area contributed by atoms with Crippen LogP contribution in [0.3, 0.4) is 0 Å². The van der Waals surface area contributed by atoms with Crippen molar-refractivity contribution in [3.05, 3.63) is 28.0 Å². The van der Waals surface area contributed by atoms with Crippen LogP contribution in [0.15, 0.2) is 16.6 Å². The first-order valence-electron chi connectivity index (χ1n) is 6.44. The maximum atomic E-state index is 13.6. The second kappa shape index (κ2) is 5.57. The quantitative estimate of drug-likeness (QED) is 0.919. The lowest BCUT2D eigenvalue weighted by molar-refractivity contribution is 0.492. The van der Waals surface area contributed by atoms with E-state index in [4.69, 9.17) is 0 Å². The average molecular weight is 315 g/mol. The van der Waals surface area contributed by atoms with Gasteiger partial charge in [-0.25, -0.2) is 4.39 Å². The van der Waals surface area contributed by atoms with Crippen molar-refractivity contribution >= 4 is 21.6 Å². The second-order valence-electron chi connectivity index (χ2n) is 5.31. The highest BCUT2D eigenvalue weighted by Crippen LogP contribution is 2.29. The number of nitrogens with one attached hydrogen (secondary N) is 1. The first kappa shape index (κ1) is 13.8. The minimum Gasteiger partial charge on any atom is -0.370 e. The largest absolute Gasteiger partial charge is 0.370 e. The molecule has 2 rings (SSSR count). The van der Waals surface area contributed by atoms with E-state index in [0.29, 0.717) is 16.6 Å². The van der Waals surface area contributed by atoms with Crippen LogP contribution in [0.2, 0.25) is 0 Å². The number of benzene rings is 1. The van der Waals surface area contributed by atoms with Gasteiger partial charge in [-0.1, -0.05) is 13.8 Å². The number of rotatable bonds is 3. The van der Waals surface area contributed by atoms with Crippen LogP contribution in [0.4, 0.5) is 10.1 Å². The van der Waals surface area contributed by atoms with Gasteiger partial charge in [0, 0.05) is 30.9 Å². The molecule has 0 radical (unpaired) electrons. The van der Waals surface area contributed by atoms with E-state index in [1.165, 1.54) is 0 Å². The fourth-order valence-corrected chi connectivity index (χ4v) is 3.02. The highest BCUT2D eigenvalue weighted by atomic mass is 79.9. The molecule has 1 atom stereocenters. The summed E-state index contributed by atoms with van der Waals surface area (Å²) >= 11 is 3.23. The molecule has 0 saturated carbocycles. The number of anilines is 1.